The molecule has 21 heavy (non-hydrogen) atoms. The Morgan fingerprint density at radius 2 is 1.81 bits per heavy atom. The lowest BCUT2D eigenvalue weighted by Crippen LogP contribution is -1.96. The second-order valence-corrected chi connectivity index (χ2v) is 4.93. The molecular formula is C17H15ClO3. The first-order valence-electron chi connectivity index (χ1n) is 6.46. The van der Waals surface area contributed by atoms with E-state index in [4.69, 9.17) is 21.4 Å². The average molecular weight is 303 g/mol. The zero-order valence-corrected chi connectivity index (χ0v) is 12.1. The number of hydrogen-bond acceptors (Lipinski definition) is 2. The molecule has 0 aromatic heterocycles. The second kappa shape index (κ2) is 7.62. The average Bonchev–Trinajstić information content (AvgIpc) is 2.48. The predicted octanol–water partition coefficient (Wildman–Crippen LogP) is 4.15. The molecule has 4 heteroatoms. The topological polar surface area (TPSA) is 46.5 Å². The lowest BCUT2D eigenvalue weighted by Gasteiger charge is -2.07. The molecule has 3 nitrogen and oxygen atoms in total. The summed E-state index contributed by atoms with van der Waals surface area (Å²) in [4.78, 5) is 10.6. The summed E-state index contributed by atoms with van der Waals surface area (Å²) in [5.41, 5.74) is 2.83. The van der Waals surface area contributed by atoms with Crippen molar-refractivity contribution in [2.24, 2.45) is 0 Å². The summed E-state index contributed by atoms with van der Waals surface area (Å²) in [6.07, 6.45) is 2.70. The highest BCUT2D eigenvalue weighted by Gasteiger charge is 2.00. The molecular weight excluding hydrogens is 288 g/mol. The molecule has 0 fully saturated rings. The Labute approximate surface area is 128 Å². The molecule has 0 aliphatic heterocycles. The predicted molar refractivity (Wildman–Crippen MR) is 83.1 cm³/mol. The first kappa shape index (κ1) is 15.3. The number of carboxylic acid groups (broad SMARTS) is 1. The maximum atomic E-state index is 10.6. The number of carboxylic acids is 1. The first-order chi connectivity index (χ1) is 10.1. The van der Waals surface area contributed by atoms with Gasteiger partial charge in [0.15, 0.2) is 0 Å². The van der Waals surface area contributed by atoms with Crippen LogP contribution in [-0.4, -0.2) is 11.1 Å². The van der Waals surface area contributed by atoms with Crippen LogP contribution in [-0.2, 0) is 22.7 Å². The van der Waals surface area contributed by atoms with Gasteiger partial charge in [-0.3, -0.25) is 0 Å². The molecule has 2 rings (SSSR count). The van der Waals surface area contributed by atoms with Crippen LogP contribution in [0.5, 0.6) is 0 Å². The van der Waals surface area contributed by atoms with Crippen molar-refractivity contribution >= 4 is 23.6 Å². The van der Waals surface area contributed by atoms with Crippen molar-refractivity contribution in [2.75, 3.05) is 0 Å². The molecule has 0 spiro atoms. The highest BCUT2D eigenvalue weighted by atomic mass is 35.5. The van der Waals surface area contributed by atoms with Crippen molar-refractivity contribution < 1.29 is 14.6 Å². The number of rotatable bonds is 6. The van der Waals surface area contributed by atoms with Gasteiger partial charge in [-0.2, -0.15) is 0 Å². The minimum Gasteiger partial charge on any atom is -0.478 e. The minimum absolute atomic E-state index is 0.419. The van der Waals surface area contributed by atoms with Gasteiger partial charge in [-0.25, -0.2) is 4.79 Å². The van der Waals surface area contributed by atoms with E-state index < -0.39 is 5.97 Å². The molecule has 2 aromatic rings. The molecule has 0 heterocycles. The SMILES string of the molecule is O=C(O)C=Cc1ccccc1COCc1ccc(Cl)cc1. The van der Waals surface area contributed by atoms with Crippen LogP contribution in [0.1, 0.15) is 16.7 Å². The highest BCUT2D eigenvalue weighted by Crippen LogP contribution is 2.14. The molecule has 2 aromatic carbocycles. The highest BCUT2D eigenvalue weighted by molar-refractivity contribution is 6.30. The number of ether oxygens (including phenoxy) is 1. The number of halogens is 1. The van der Waals surface area contributed by atoms with Crippen molar-refractivity contribution in [3.63, 3.8) is 0 Å². The summed E-state index contributed by atoms with van der Waals surface area (Å²) in [6.45, 7) is 0.900. The zero-order chi connectivity index (χ0) is 15.1. The number of aliphatic carboxylic acids is 1. The number of benzene rings is 2. The van der Waals surface area contributed by atoms with E-state index in [1.807, 2.05) is 48.5 Å². The van der Waals surface area contributed by atoms with Gasteiger partial charge in [0.05, 0.1) is 13.2 Å². The van der Waals surface area contributed by atoms with Gasteiger partial charge in [0.2, 0.25) is 0 Å². The normalized spacial score (nSPS) is 10.9. The van der Waals surface area contributed by atoms with Crippen molar-refractivity contribution in [1.29, 1.82) is 0 Å². The summed E-state index contributed by atoms with van der Waals surface area (Å²) < 4.78 is 5.67. The Morgan fingerprint density at radius 3 is 2.52 bits per heavy atom. The Bertz CT molecular complexity index is 633. The van der Waals surface area contributed by atoms with Gasteiger partial charge in [-0.1, -0.05) is 48.0 Å². The number of hydrogen-bond donors (Lipinski definition) is 1. The summed E-state index contributed by atoms with van der Waals surface area (Å²) in [5.74, 6) is -0.966. The fourth-order valence-corrected chi connectivity index (χ4v) is 1.97. The van der Waals surface area contributed by atoms with Crippen LogP contribution in [0.3, 0.4) is 0 Å². The molecule has 0 aliphatic rings. The Balaban J connectivity index is 1.96. The van der Waals surface area contributed by atoms with Crippen molar-refractivity contribution in [3.8, 4) is 0 Å². The van der Waals surface area contributed by atoms with Gasteiger partial charge in [0.25, 0.3) is 0 Å². The largest absolute Gasteiger partial charge is 0.478 e. The standard InChI is InChI=1S/C17H15ClO3/c18-16-8-5-13(6-9-16)11-21-12-15-4-2-1-3-14(15)7-10-17(19)20/h1-10H,11-12H2,(H,19,20). The fourth-order valence-electron chi connectivity index (χ4n) is 1.85. The monoisotopic (exact) mass is 302 g/mol. The Kier molecular flexibility index (Phi) is 5.55. The maximum absolute atomic E-state index is 10.6. The second-order valence-electron chi connectivity index (χ2n) is 4.49. The third-order valence-corrected chi connectivity index (χ3v) is 3.15. The fraction of sp³-hybridized carbons (Fsp3) is 0.118. The quantitative estimate of drug-likeness (QED) is 0.815. The van der Waals surface area contributed by atoms with Crippen molar-refractivity contribution in [3.05, 3.63) is 76.3 Å². The van der Waals surface area contributed by atoms with E-state index in [0.29, 0.717) is 18.2 Å². The molecule has 0 radical (unpaired) electrons. The van der Waals surface area contributed by atoms with E-state index in [-0.39, 0.29) is 0 Å². The third kappa shape index (κ3) is 5.06. The van der Waals surface area contributed by atoms with Gasteiger partial charge >= 0.3 is 5.97 Å². The van der Waals surface area contributed by atoms with E-state index in [1.54, 1.807) is 6.08 Å². The van der Waals surface area contributed by atoms with Gasteiger partial charge < -0.3 is 9.84 Å². The van der Waals surface area contributed by atoms with E-state index in [9.17, 15) is 4.79 Å². The lowest BCUT2D eigenvalue weighted by molar-refractivity contribution is -0.131. The molecule has 0 aliphatic carbocycles. The molecule has 1 N–H and O–H groups in total. The Hall–Kier alpha value is -2.10. The smallest absolute Gasteiger partial charge is 0.328 e. The van der Waals surface area contributed by atoms with Crippen molar-refractivity contribution in [1.82, 2.24) is 0 Å². The van der Waals surface area contributed by atoms with E-state index in [2.05, 4.69) is 0 Å². The zero-order valence-electron chi connectivity index (χ0n) is 11.3. The van der Waals surface area contributed by atoms with E-state index >= 15 is 0 Å². The van der Waals surface area contributed by atoms with Gasteiger partial charge in [0.1, 0.15) is 0 Å². The van der Waals surface area contributed by atoms with Gasteiger partial charge in [0, 0.05) is 11.1 Å². The van der Waals surface area contributed by atoms with Gasteiger partial charge in [-0.05, 0) is 34.9 Å². The molecule has 0 unspecified atom stereocenters. The molecule has 0 amide bonds. The summed E-state index contributed by atoms with van der Waals surface area (Å²) in [6, 6.07) is 15.0. The van der Waals surface area contributed by atoms with Crippen LogP contribution < -0.4 is 0 Å². The molecule has 0 bridgehead atoms. The van der Waals surface area contributed by atoms with Crippen LogP contribution in [0.25, 0.3) is 6.08 Å². The molecule has 0 saturated heterocycles. The molecule has 0 atom stereocenters. The summed E-state index contributed by atoms with van der Waals surface area (Å²) in [7, 11) is 0. The number of carbonyl (C=O) groups is 1. The van der Waals surface area contributed by atoms with Crippen LogP contribution in [0.4, 0.5) is 0 Å². The third-order valence-electron chi connectivity index (χ3n) is 2.90. The Morgan fingerprint density at radius 1 is 1.10 bits per heavy atom. The summed E-state index contributed by atoms with van der Waals surface area (Å²) in [5, 5.41) is 9.38. The summed E-state index contributed by atoms with van der Waals surface area (Å²) >= 11 is 5.83. The molecule has 108 valence electrons. The van der Waals surface area contributed by atoms with Gasteiger partial charge in [-0.15, -0.1) is 0 Å². The van der Waals surface area contributed by atoms with E-state index in [1.165, 1.54) is 0 Å². The van der Waals surface area contributed by atoms with Crippen LogP contribution in [0, 0.1) is 0 Å². The first-order valence-corrected chi connectivity index (χ1v) is 6.84. The van der Waals surface area contributed by atoms with Crippen LogP contribution in [0.2, 0.25) is 5.02 Å². The van der Waals surface area contributed by atoms with E-state index in [0.717, 1.165) is 22.8 Å². The minimum atomic E-state index is -0.966. The van der Waals surface area contributed by atoms with Crippen LogP contribution >= 0.6 is 11.6 Å². The maximum Gasteiger partial charge on any atom is 0.328 e. The van der Waals surface area contributed by atoms with Crippen molar-refractivity contribution in [2.45, 2.75) is 13.2 Å². The molecule has 0 saturated carbocycles. The van der Waals surface area contributed by atoms with Crippen LogP contribution in [0.15, 0.2) is 54.6 Å². The lowest BCUT2D eigenvalue weighted by atomic mass is 10.1.